The number of aryl methyl sites for hydroxylation is 1. The van der Waals surface area contributed by atoms with Crippen molar-refractivity contribution in [3.8, 4) is 0 Å². The van der Waals surface area contributed by atoms with Gasteiger partial charge < -0.3 is 15.1 Å². The summed E-state index contributed by atoms with van der Waals surface area (Å²) in [5.41, 5.74) is 6.88. The Balaban J connectivity index is 1.97. The van der Waals surface area contributed by atoms with Crippen molar-refractivity contribution in [3.05, 3.63) is 23.2 Å². The first-order valence-corrected chi connectivity index (χ1v) is 6.77. The zero-order valence-corrected chi connectivity index (χ0v) is 11.8. The number of hydrogen-bond acceptors (Lipinski definition) is 4. The van der Waals surface area contributed by atoms with Gasteiger partial charge in [-0.15, -0.1) is 0 Å². The van der Waals surface area contributed by atoms with E-state index in [1.807, 2.05) is 6.92 Å². The van der Waals surface area contributed by atoms with E-state index in [0.29, 0.717) is 12.6 Å². The minimum atomic E-state index is 0.483. The summed E-state index contributed by atoms with van der Waals surface area (Å²) >= 11 is 0. The molecule has 1 unspecified atom stereocenters. The van der Waals surface area contributed by atoms with Crippen LogP contribution in [0.15, 0.2) is 10.5 Å². The van der Waals surface area contributed by atoms with Crippen molar-refractivity contribution >= 4 is 0 Å². The number of likely N-dealkylation sites (tertiary alicyclic amines) is 1. The summed E-state index contributed by atoms with van der Waals surface area (Å²) < 4.78 is 5.61. The molecule has 1 aliphatic heterocycles. The molecule has 2 N–H and O–H groups in total. The highest BCUT2D eigenvalue weighted by Crippen LogP contribution is 2.20. The van der Waals surface area contributed by atoms with Crippen LogP contribution < -0.4 is 5.73 Å². The summed E-state index contributed by atoms with van der Waals surface area (Å²) in [6.07, 6.45) is 2.59. The van der Waals surface area contributed by atoms with E-state index < -0.39 is 0 Å². The van der Waals surface area contributed by atoms with Gasteiger partial charge in [-0.25, -0.2) is 0 Å². The van der Waals surface area contributed by atoms with Crippen molar-refractivity contribution < 1.29 is 4.42 Å². The van der Waals surface area contributed by atoms with Crippen LogP contribution in [-0.2, 0) is 13.1 Å². The van der Waals surface area contributed by atoms with Gasteiger partial charge in [0.1, 0.15) is 11.5 Å². The van der Waals surface area contributed by atoms with Crippen molar-refractivity contribution in [2.75, 3.05) is 27.2 Å². The van der Waals surface area contributed by atoms with Crippen LogP contribution >= 0.6 is 0 Å². The molecule has 18 heavy (non-hydrogen) atoms. The summed E-state index contributed by atoms with van der Waals surface area (Å²) in [6, 6.07) is 2.75. The maximum absolute atomic E-state index is 5.61. The Bertz CT molecular complexity index is 388. The van der Waals surface area contributed by atoms with Gasteiger partial charge in [0.25, 0.3) is 0 Å². The van der Waals surface area contributed by atoms with Crippen LogP contribution in [0.1, 0.15) is 29.9 Å². The van der Waals surface area contributed by atoms with Gasteiger partial charge >= 0.3 is 0 Å². The number of nitrogens with zero attached hydrogens (tertiary/aromatic N) is 2. The highest BCUT2D eigenvalue weighted by Gasteiger charge is 2.22. The molecule has 1 saturated heterocycles. The van der Waals surface area contributed by atoms with Crippen LogP contribution in [0.3, 0.4) is 0 Å². The quantitative estimate of drug-likeness (QED) is 0.882. The van der Waals surface area contributed by atoms with E-state index in [0.717, 1.165) is 24.6 Å². The molecule has 0 saturated carbocycles. The molecule has 4 nitrogen and oxygen atoms in total. The highest BCUT2D eigenvalue weighted by molar-refractivity contribution is 5.20. The number of nitrogens with two attached hydrogens (primary N) is 1. The molecule has 1 fully saturated rings. The molecule has 2 rings (SSSR count). The number of furan rings is 1. The summed E-state index contributed by atoms with van der Waals surface area (Å²) in [4.78, 5) is 4.85. The lowest BCUT2D eigenvalue weighted by atomic mass is 10.0. The minimum absolute atomic E-state index is 0.483. The van der Waals surface area contributed by atoms with E-state index in [-0.39, 0.29) is 0 Å². The van der Waals surface area contributed by atoms with E-state index in [1.165, 1.54) is 24.9 Å². The summed E-state index contributed by atoms with van der Waals surface area (Å²) in [7, 11) is 4.41. The largest absolute Gasteiger partial charge is 0.465 e. The van der Waals surface area contributed by atoms with Crippen LogP contribution in [0, 0.1) is 6.92 Å². The highest BCUT2D eigenvalue weighted by atomic mass is 16.3. The smallest absolute Gasteiger partial charge is 0.118 e. The van der Waals surface area contributed by atoms with Gasteiger partial charge in [0.2, 0.25) is 0 Å². The number of likely N-dealkylation sites (N-methyl/N-ethyl adjacent to an activating group) is 2. The number of rotatable bonds is 4. The number of hydrogen-bond donors (Lipinski definition) is 1. The molecule has 0 radical (unpaired) electrons. The monoisotopic (exact) mass is 251 g/mol. The molecule has 1 atom stereocenters. The lowest BCUT2D eigenvalue weighted by molar-refractivity contribution is 0.129. The fraction of sp³-hybridized carbons (Fsp3) is 0.714. The van der Waals surface area contributed by atoms with Gasteiger partial charge in [0, 0.05) is 24.7 Å². The topological polar surface area (TPSA) is 45.6 Å². The molecule has 102 valence electrons. The summed E-state index contributed by atoms with van der Waals surface area (Å²) in [5, 5.41) is 0. The van der Waals surface area contributed by atoms with Crippen molar-refractivity contribution in [1.82, 2.24) is 9.80 Å². The second-order valence-corrected chi connectivity index (χ2v) is 5.47. The first kappa shape index (κ1) is 13.6. The van der Waals surface area contributed by atoms with E-state index in [4.69, 9.17) is 10.2 Å². The Morgan fingerprint density at radius 1 is 1.56 bits per heavy atom. The SMILES string of the molecule is Cc1oc(CN)cc1CN(C)C1CCCN(C)C1. The van der Waals surface area contributed by atoms with Crippen LogP contribution in [0.5, 0.6) is 0 Å². The zero-order valence-electron chi connectivity index (χ0n) is 11.8. The molecule has 4 heteroatoms. The molecular weight excluding hydrogens is 226 g/mol. The van der Waals surface area contributed by atoms with Crippen LogP contribution in [0.2, 0.25) is 0 Å². The Labute approximate surface area is 110 Å². The average Bonchev–Trinajstić information content (AvgIpc) is 2.70. The van der Waals surface area contributed by atoms with E-state index in [9.17, 15) is 0 Å². The molecule has 0 amide bonds. The molecule has 1 aromatic heterocycles. The Hall–Kier alpha value is -0.840. The lowest BCUT2D eigenvalue weighted by Crippen LogP contribution is -2.44. The van der Waals surface area contributed by atoms with Crippen molar-refractivity contribution in [1.29, 1.82) is 0 Å². The normalized spacial score (nSPS) is 21.7. The maximum atomic E-state index is 5.61. The van der Waals surface area contributed by atoms with Crippen LogP contribution in [0.25, 0.3) is 0 Å². The molecule has 0 aromatic carbocycles. The molecule has 1 aliphatic rings. The van der Waals surface area contributed by atoms with Gasteiger partial charge in [-0.3, -0.25) is 4.90 Å². The molecule has 0 spiro atoms. The first-order valence-electron chi connectivity index (χ1n) is 6.77. The summed E-state index contributed by atoms with van der Waals surface area (Å²) in [6.45, 7) is 5.85. The predicted octanol–water partition coefficient (Wildman–Crippen LogP) is 1.57. The maximum Gasteiger partial charge on any atom is 0.118 e. The van der Waals surface area contributed by atoms with E-state index in [2.05, 4.69) is 30.0 Å². The van der Waals surface area contributed by atoms with Gasteiger partial charge in [0.05, 0.1) is 6.54 Å². The van der Waals surface area contributed by atoms with E-state index >= 15 is 0 Å². The van der Waals surface area contributed by atoms with Gasteiger partial charge in [-0.05, 0) is 46.5 Å². The average molecular weight is 251 g/mol. The zero-order chi connectivity index (χ0) is 13.1. The molecular formula is C14H25N3O. The number of piperidine rings is 1. The van der Waals surface area contributed by atoms with Crippen molar-refractivity contribution in [3.63, 3.8) is 0 Å². The van der Waals surface area contributed by atoms with Crippen LogP contribution in [-0.4, -0.2) is 43.0 Å². The first-order chi connectivity index (χ1) is 8.60. The van der Waals surface area contributed by atoms with Crippen molar-refractivity contribution in [2.24, 2.45) is 5.73 Å². The van der Waals surface area contributed by atoms with Gasteiger partial charge in [0.15, 0.2) is 0 Å². The second kappa shape index (κ2) is 5.87. The molecule has 1 aromatic rings. The predicted molar refractivity (Wildman–Crippen MR) is 73.3 cm³/mol. The third kappa shape index (κ3) is 3.13. The Morgan fingerprint density at radius 2 is 2.33 bits per heavy atom. The molecule has 0 bridgehead atoms. The summed E-state index contributed by atoms with van der Waals surface area (Å²) in [5.74, 6) is 1.89. The van der Waals surface area contributed by atoms with E-state index in [1.54, 1.807) is 0 Å². The van der Waals surface area contributed by atoms with Gasteiger partial charge in [-0.1, -0.05) is 0 Å². The fourth-order valence-electron chi connectivity index (χ4n) is 2.74. The standard InChI is InChI=1S/C14H25N3O/c1-11-12(7-14(8-15)18-11)9-17(3)13-5-4-6-16(2)10-13/h7,13H,4-6,8-10,15H2,1-3H3. The van der Waals surface area contributed by atoms with Crippen LogP contribution in [0.4, 0.5) is 0 Å². The molecule has 0 aliphatic carbocycles. The van der Waals surface area contributed by atoms with Crippen molar-refractivity contribution in [2.45, 2.75) is 38.9 Å². The third-order valence-electron chi connectivity index (χ3n) is 3.92. The third-order valence-corrected chi connectivity index (χ3v) is 3.92. The second-order valence-electron chi connectivity index (χ2n) is 5.47. The molecule has 2 heterocycles. The Morgan fingerprint density at radius 3 is 2.94 bits per heavy atom. The minimum Gasteiger partial charge on any atom is -0.465 e. The fourth-order valence-corrected chi connectivity index (χ4v) is 2.74. The Kier molecular flexibility index (Phi) is 4.43. The lowest BCUT2D eigenvalue weighted by Gasteiger charge is -2.35. The van der Waals surface area contributed by atoms with Gasteiger partial charge in [-0.2, -0.15) is 0 Å².